The molecule has 40 heavy (non-hydrogen) atoms. The minimum atomic E-state index is -4.25. The van der Waals surface area contributed by atoms with Crippen molar-refractivity contribution in [2.24, 2.45) is 0 Å². The number of carbonyl (C=O) groups is 2. The van der Waals surface area contributed by atoms with Crippen molar-refractivity contribution in [3.8, 4) is 0 Å². The Hall–Kier alpha value is -3.14. The van der Waals surface area contributed by atoms with Crippen LogP contribution in [0.1, 0.15) is 38.2 Å². The molecule has 4 rings (SSSR count). The lowest BCUT2D eigenvalue weighted by atomic mass is 10.1. The molecule has 0 bridgehead atoms. The Kier molecular flexibility index (Phi) is 9.71. The second-order valence-electron chi connectivity index (χ2n) is 9.70. The summed E-state index contributed by atoms with van der Waals surface area (Å²) in [5.74, 6) is -1.62. The quantitative estimate of drug-likeness (QED) is 0.316. The Morgan fingerprint density at radius 1 is 0.975 bits per heavy atom. The van der Waals surface area contributed by atoms with Gasteiger partial charge in [-0.3, -0.25) is 13.9 Å². The third-order valence-electron chi connectivity index (χ3n) is 6.97. The minimum absolute atomic E-state index is 0.00605. The lowest BCUT2D eigenvalue weighted by Crippen LogP contribution is -2.52. The molecule has 1 N–H and O–H groups in total. The molecular weight excluding hydrogens is 576 g/mol. The first-order valence-corrected chi connectivity index (χ1v) is 15.1. The normalized spacial score (nSPS) is 14.5. The van der Waals surface area contributed by atoms with E-state index in [1.54, 1.807) is 31.2 Å². The molecule has 3 aromatic carbocycles. The summed E-state index contributed by atoms with van der Waals surface area (Å²) in [7, 11) is -4.25. The Labute approximate surface area is 243 Å². The van der Waals surface area contributed by atoms with Crippen molar-refractivity contribution in [3.05, 3.63) is 94.2 Å². The number of rotatable bonds is 10. The van der Waals surface area contributed by atoms with E-state index >= 15 is 0 Å². The zero-order valence-electron chi connectivity index (χ0n) is 21.9. The van der Waals surface area contributed by atoms with Gasteiger partial charge in [0.25, 0.3) is 10.0 Å². The van der Waals surface area contributed by atoms with E-state index in [2.05, 4.69) is 5.32 Å². The molecular formula is C29H30Cl2FN3O4S. The average Bonchev–Trinajstić information content (AvgIpc) is 3.46. The molecule has 0 aliphatic heterocycles. The molecule has 1 aliphatic rings. The average molecular weight is 607 g/mol. The first-order chi connectivity index (χ1) is 19.1. The van der Waals surface area contributed by atoms with Crippen LogP contribution in [-0.4, -0.2) is 43.8 Å². The van der Waals surface area contributed by atoms with Gasteiger partial charge in [-0.2, -0.15) is 0 Å². The Morgan fingerprint density at radius 3 is 2.27 bits per heavy atom. The molecule has 0 spiro atoms. The third kappa shape index (κ3) is 6.95. The largest absolute Gasteiger partial charge is 0.352 e. The fourth-order valence-electron chi connectivity index (χ4n) is 4.67. The van der Waals surface area contributed by atoms with E-state index in [1.165, 1.54) is 53.4 Å². The molecule has 212 valence electrons. The van der Waals surface area contributed by atoms with E-state index in [1.807, 2.05) is 0 Å². The van der Waals surface area contributed by atoms with Crippen molar-refractivity contribution in [1.82, 2.24) is 10.2 Å². The number of benzene rings is 3. The van der Waals surface area contributed by atoms with Crippen LogP contribution in [0.4, 0.5) is 10.1 Å². The Morgan fingerprint density at radius 2 is 1.62 bits per heavy atom. The molecule has 0 aromatic heterocycles. The lowest BCUT2D eigenvalue weighted by molar-refractivity contribution is -0.139. The number of hydrogen-bond acceptors (Lipinski definition) is 4. The van der Waals surface area contributed by atoms with Crippen molar-refractivity contribution in [2.75, 3.05) is 10.8 Å². The predicted octanol–water partition coefficient (Wildman–Crippen LogP) is 5.80. The first kappa shape index (κ1) is 29.8. The summed E-state index contributed by atoms with van der Waals surface area (Å²) in [6, 6.07) is 16.8. The minimum Gasteiger partial charge on any atom is -0.352 e. The van der Waals surface area contributed by atoms with Gasteiger partial charge in [0, 0.05) is 18.2 Å². The van der Waals surface area contributed by atoms with Crippen molar-refractivity contribution >= 4 is 50.7 Å². The molecule has 7 nitrogen and oxygen atoms in total. The van der Waals surface area contributed by atoms with E-state index in [0.29, 0.717) is 0 Å². The number of anilines is 1. The van der Waals surface area contributed by atoms with Crippen LogP contribution in [0.5, 0.6) is 0 Å². The van der Waals surface area contributed by atoms with Crippen LogP contribution in [-0.2, 0) is 26.2 Å². The number of amides is 2. The third-order valence-corrected chi connectivity index (χ3v) is 9.50. The van der Waals surface area contributed by atoms with Gasteiger partial charge in [0.2, 0.25) is 11.8 Å². The number of hydrogen-bond donors (Lipinski definition) is 1. The van der Waals surface area contributed by atoms with Crippen molar-refractivity contribution in [2.45, 2.75) is 56.1 Å². The highest BCUT2D eigenvalue weighted by molar-refractivity contribution is 7.92. The van der Waals surface area contributed by atoms with E-state index in [0.717, 1.165) is 30.0 Å². The molecule has 3 aromatic rings. The van der Waals surface area contributed by atoms with Gasteiger partial charge in [-0.15, -0.1) is 0 Å². The SMILES string of the molecule is C[C@H](C(=O)NC1CCCC1)N(Cc1ccccc1F)C(=O)CN(c1ccc(Cl)c(Cl)c1)S(=O)(=O)c1ccccc1. The van der Waals surface area contributed by atoms with Gasteiger partial charge in [-0.05, 0) is 56.2 Å². The second-order valence-corrected chi connectivity index (χ2v) is 12.4. The van der Waals surface area contributed by atoms with E-state index in [9.17, 15) is 22.4 Å². The summed E-state index contributed by atoms with van der Waals surface area (Å²) in [6.45, 7) is 0.661. The van der Waals surface area contributed by atoms with Gasteiger partial charge in [0.15, 0.2) is 0 Å². The van der Waals surface area contributed by atoms with Gasteiger partial charge in [0.05, 0.1) is 20.6 Å². The van der Waals surface area contributed by atoms with Crippen LogP contribution in [0.3, 0.4) is 0 Å². The molecule has 0 saturated heterocycles. The zero-order chi connectivity index (χ0) is 28.9. The molecule has 2 amide bonds. The molecule has 11 heteroatoms. The fraction of sp³-hybridized carbons (Fsp3) is 0.310. The van der Waals surface area contributed by atoms with E-state index < -0.39 is 34.3 Å². The monoisotopic (exact) mass is 605 g/mol. The number of carbonyl (C=O) groups excluding carboxylic acids is 2. The lowest BCUT2D eigenvalue weighted by Gasteiger charge is -2.32. The van der Waals surface area contributed by atoms with Crippen LogP contribution in [0.15, 0.2) is 77.7 Å². The van der Waals surface area contributed by atoms with Gasteiger partial charge >= 0.3 is 0 Å². The summed E-state index contributed by atoms with van der Waals surface area (Å²) in [5, 5.41) is 3.30. The van der Waals surface area contributed by atoms with Crippen LogP contribution in [0.25, 0.3) is 0 Å². The smallest absolute Gasteiger partial charge is 0.264 e. The Balaban J connectivity index is 1.70. The van der Waals surface area contributed by atoms with Crippen molar-refractivity contribution < 1.29 is 22.4 Å². The molecule has 0 unspecified atom stereocenters. The maximum Gasteiger partial charge on any atom is 0.264 e. The number of halogens is 3. The van der Waals surface area contributed by atoms with E-state index in [4.69, 9.17) is 23.2 Å². The van der Waals surface area contributed by atoms with Gasteiger partial charge in [-0.25, -0.2) is 12.8 Å². The van der Waals surface area contributed by atoms with Gasteiger partial charge < -0.3 is 10.2 Å². The highest BCUT2D eigenvalue weighted by Gasteiger charge is 2.33. The van der Waals surface area contributed by atoms with Crippen LogP contribution in [0.2, 0.25) is 10.0 Å². The zero-order valence-corrected chi connectivity index (χ0v) is 24.2. The van der Waals surface area contributed by atoms with Crippen LogP contribution < -0.4 is 9.62 Å². The maximum absolute atomic E-state index is 14.7. The van der Waals surface area contributed by atoms with Gasteiger partial charge in [0.1, 0.15) is 18.4 Å². The molecule has 1 aliphatic carbocycles. The highest BCUT2D eigenvalue weighted by atomic mass is 35.5. The Bertz CT molecular complexity index is 1470. The number of sulfonamides is 1. The molecule has 1 fully saturated rings. The van der Waals surface area contributed by atoms with Crippen LogP contribution >= 0.6 is 23.2 Å². The standard InChI is InChI=1S/C29H30Cl2FN3O4S/c1-20(29(37)33-22-10-6-7-11-22)34(18-21-9-5-8-14-27(21)32)28(36)19-35(23-15-16-25(30)26(31)17-23)40(38,39)24-12-3-2-4-13-24/h2-5,8-9,12-17,20,22H,6-7,10-11,18-19H2,1H3,(H,33,37)/t20-/m1/s1. The topological polar surface area (TPSA) is 86.8 Å². The highest BCUT2D eigenvalue weighted by Crippen LogP contribution is 2.31. The summed E-state index contributed by atoms with van der Waals surface area (Å²) >= 11 is 12.3. The predicted molar refractivity (Wildman–Crippen MR) is 154 cm³/mol. The second kappa shape index (κ2) is 13.0. The summed E-state index contributed by atoms with van der Waals surface area (Å²) < 4.78 is 43.1. The van der Waals surface area contributed by atoms with E-state index in [-0.39, 0.29) is 44.7 Å². The van der Waals surface area contributed by atoms with Crippen LogP contribution in [0, 0.1) is 5.82 Å². The summed E-state index contributed by atoms with van der Waals surface area (Å²) in [6.07, 6.45) is 3.71. The molecule has 0 heterocycles. The number of nitrogens with one attached hydrogen (secondary N) is 1. The maximum atomic E-state index is 14.7. The molecule has 0 radical (unpaired) electrons. The fourth-order valence-corrected chi connectivity index (χ4v) is 6.39. The molecule has 1 atom stereocenters. The molecule has 1 saturated carbocycles. The summed E-state index contributed by atoms with van der Waals surface area (Å²) in [4.78, 5) is 28.3. The number of nitrogens with zero attached hydrogens (tertiary/aromatic N) is 2. The van der Waals surface area contributed by atoms with Crippen molar-refractivity contribution in [1.29, 1.82) is 0 Å². The first-order valence-electron chi connectivity index (χ1n) is 12.9. The summed E-state index contributed by atoms with van der Waals surface area (Å²) in [5.41, 5.74) is 0.309. The van der Waals surface area contributed by atoms with Crippen molar-refractivity contribution in [3.63, 3.8) is 0 Å². The van der Waals surface area contributed by atoms with Gasteiger partial charge in [-0.1, -0.05) is 72.4 Å².